The number of terminal acetylenes is 1. The molecule has 0 saturated carbocycles. The summed E-state index contributed by atoms with van der Waals surface area (Å²) in [5.41, 5.74) is 1.46. The number of hydrogen-bond acceptors (Lipinski definition) is 1. The maximum atomic E-state index is 9.99. The van der Waals surface area contributed by atoms with Gasteiger partial charge in [-0.15, -0.1) is 6.42 Å². The van der Waals surface area contributed by atoms with Crippen LogP contribution in [0.15, 0.2) is 24.3 Å². The summed E-state index contributed by atoms with van der Waals surface area (Å²) in [6, 6.07) is 7.21. The zero-order valence-corrected chi connectivity index (χ0v) is 5.87. The van der Waals surface area contributed by atoms with Crippen LogP contribution in [0.2, 0.25) is 0 Å². The smallest absolute Gasteiger partial charge is 0.125 e. The first kappa shape index (κ1) is 7.34. The van der Waals surface area contributed by atoms with Crippen molar-refractivity contribution < 1.29 is 4.79 Å². The summed E-state index contributed by atoms with van der Waals surface area (Å²) in [5.74, 6) is 4.16. The standard InChI is InChI=1S/C10H6O/c1-2-9-5-3-4-6-10(9)7-8-11/h1,3-7H. The van der Waals surface area contributed by atoms with Gasteiger partial charge in [-0.3, -0.25) is 0 Å². The van der Waals surface area contributed by atoms with E-state index in [9.17, 15) is 4.79 Å². The van der Waals surface area contributed by atoms with Gasteiger partial charge >= 0.3 is 0 Å². The van der Waals surface area contributed by atoms with Crippen LogP contribution in [0.3, 0.4) is 0 Å². The third-order valence-corrected chi connectivity index (χ3v) is 1.33. The second-order valence-corrected chi connectivity index (χ2v) is 1.99. The van der Waals surface area contributed by atoms with Gasteiger partial charge in [0.05, 0.1) is 0 Å². The van der Waals surface area contributed by atoms with Crippen molar-refractivity contribution in [3.05, 3.63) is 35.4 Å². The van der Waals surface area contributed by atoms with E-state index in [0.29, 0.717) is 0 Å². The van der Waals surface area contributed by atoms with Gasteiger partial charge in [-0.05, 0) is 6.07 Å². The van der Waals surface area contributed by atoms with Crippen molar-refractivity contribution in [3.8, 4) is 12.3 Å². The molecule has 0 unspecified atom stereocenters. The minimum atomic E-state index is 0.718. The molecule has 1 nitrogen and oxygen atoms in total. The van der Waals surface area contributed by atoms with Crippen LogP contribution in [0.25, 0.3) is 6.08 Å². The Kier molecular flexibility index (Phi) is 2.28. The van der Waals surface area contributed by atoms with Gasteiger partial charge in [-0.25, -0.2) is 4.79 Å². The molecule has 1 heteroatoms. The number of carbonyl (C=O) groups excluding carboxylic acids is 1. The van der Waals surface area contributed by atoms with Gasteiger partial charge < -0.3 is 0 Å². The fourth-order valence-corrected chi connectivity index (χ4v) is 0.818. The summed E-state index contributed by atoms with van der Waals surface area (Å²) < 4.78 is 0. The van der Waals surface area contributed by atoms with E-state index in [-0.39, 0.29) is 0 Å². The van der Waals surface area contributed by atoms with Crippen LogP contribution in [0.4, 0.5) is 0 Å². The Morgan fingerprint density at radius 1 is 1.36 bits per heavy atom. The van der Waals surface area contributed by atoms with E-state index in [1.54, 1.807) is 18.1 Å². The minimum absolute atomic E-state index is 0.718. The van der Waals surface area contributed by atoms with Crippen LogP contribution in [-0.4, -0.2) is 5.94 Å². The highest BCUT2D eigenvalue weighted by Crippen LogP contribution is 2.06. The molecule has 0 aromatic heterocycles. The number of rotatable bonds is 1. The summed E-state index contributed by atoms with van der Waals surface area (Å²) in [6.07, 6.45) is 6.51. The molecule has 52 valence electrons. The molecule has 0 N–H and O–H groups in total. The lowest BCUT2D eigenvalue weighted by molar-refractivity contribution is 0.570. The molecular weight excluding hydrogens is 136 g/mol. The third-order valence-electron chi connectivity index (χ3n) is 1.33. The summed E-state index contributed by atoms with van der Waals surface area (Å²) >= 11 is 0. The van der Waals surface area contributed by atoms with E-state index in [2.05, 4.69) is 5.92 Å². The molecule has 11 heavy (non-hydrogen) atoms. The molecule has 0 heterocycles. The molecule has 0 radical (unpaired) electrons. The van der Waals surface area contributed by atoms with Crippen LogP contribution in [0.1, 0.15) is 11.1 Å². The van der Waals surface area contributed by atoms with Crippen molar-refractivity contribution in [3.63, 3.8) is 0 Å². The van der Waals surface area contributed by atoms with Gasteiger partial charge in [0.15, 0.2) is 0 Å². The van der Waals surface area contributed by atoms with E-state index in [1.165, 1.54) is 6.08 Å². The topological polar surface area (TPSA) is 17.1 Å². The van der Waals surface area contributed by atoms with Crippen LogP contribution >= 0.6 is 0 Å². The van der Waals surface area contributed by atoms with Crippen molar-refractivity contribution >= 4 is 12.0 Å². The van der Waals surface area contributed by atoms with Crippen LogP contribution in [0, 0.1) is 12.3 Å². The zero-order chi connectivity index (χ0) is 8.10. The summed E-state index contributed by atoms with van der Waals surface area (Å²) in [4.78, 5) is 9.99. The van der Waals surface area contributed by atoms with Gasteiger partial charge in [-0.2, -0.15) is 0 Å². The lowest BCUT2D eigenvalue weighted by atomic mass is 10.1. The zero-order valence-electron chi connectivity index (χ0n) is 5.87. The van der Waals surface area contributed by atoms with Crippen LogP contribution < -0.4 is 0 Å². The van der Waals surface area contributed by atoms with Gasteiger partial charge in [0.1, 0.15) is 5.94 Å². The maximum absolute atomic E-state index is 9.99. The highest BCUT2D eigenvalue weighted by atomic mass is 16.1. The molecular formula is C10H6O. The average molecular weight is 142 g/mol. The van der Waals surface area contributed by atoms with E-state index < -0.39 is 0 Å². The predicted octanol–water partition coefficient (Wildman–Crippen LogP) is 1.51. The van der Waals surface area contributed by atoms with Gasteiger partial charge in [0.2, 0.25) is 0 Å². The first-order valence-electron chi connectivity index (χ1n) is 3.15. The molecule has 0 bridgehead atoms. The van der Waals surface area contributed by atoms with Crippen LogP contribution in [0.5, 0.6) is 0 Å². The minimum Gasteiger partial charge on any atom is -0.233 e. The third kappa shape index (κ3) is 1.58. The second-order valence-electron chi connectivity index (χ2n) is 1.99. The lowest BCUT2D eigenvalue weighted by Gasteiger charge is -1.93. The largest absolute Gasteiger partial charge is 0.233 e. The Bertz CT molecular complexity index is 338. The molecule has 0 atom stereocenters. The molecule has 0 amide bonds. The molecule has 0 aliphatic rings. The van der Waals surface area contributed by atoms with Crippen molar-refractivity contribution in [1.29, 1.82) is 0 Å². The molecule has 0 aliphatic heterocycles. The van der Waals surface area contributed by atoms with E-state index in [4.69, 9.17) is 6.42 Å². The maximum Gasteiger partial charge on any atom is 0.125 e. The van der Waals surface area contributed by atoms with Crippen molar-refractivity contribution in [2.24, 2.45) is 0 Å². The fourth-order valence-electron chi connectivity index (χ4n) is 0.818. The predicted molar refractivity (Wildman–Crippen MR) is 44.5 cm³/mol. The summed E-state index contributed by atoms with van der Waals surface area (Å²) in [6.45, 7) is 0. The summed E-state index contributed by atoms with van der Waals surface area (Å²) in [7, 11) is 0. The second kappa shape index (κ2) is 3.41. The number of hydrogen-bond donors (Lipinski definition) is 0. The Hall–Kier alpha value is -1.77. The molecule has 0 aliphatic carbocycles. The molecule has 0 spiro atoms. The molecule has 1 aromatic rings. The van der Waals surface area contributed by atoms with Gasteiger partial charge in [-0.1, -0.05) is 24.1 Å². The first-order chi connectivity index (χ1) is 5.38. The fraction of sp³-hybridized carbons (Fsp3) is 0. The highest BCUT2D eigenvalue weighted by molar-refractivity contribution is 5.77. The van der Waals surface area contributed by atoms with Crippen molar-refractivity contribution in [2.75, 3.05) is 0 Å². The SMILES string of the molecule is C#Cc1ccccc1C=C=O. The Labute approximate surface area is 65.4 Å². The van der Waals surface area contributed by atoms with Gasteiger partial charge in [0.25, 0.3) is 0 Å². The molecule has 0 fully saturated rings. The van der Waals surface area contributed by atoms with E-state index in [0.717, 1.165) is 11.1 Å². The van der Waals surface area contributed by atoms with Crippen LogP contribution in [-0.2, 0) is 4.79 Å². The highest BCUT2D eigenvalue weighted by Gasteiger charge is 1.92. The first-order valence-corrected chi connectivity index (χ1v) is 3.15. The Morgan fingerprint density at radius 3 is 2.73 bits per heavy atom. The quantitative estimate of drug-likeness (QED) is 0.429. The monoisotopic (exact) mass is 142 g/mol. The molecule has 1 rings (SSSR count). The summed E-state index contributed by atoms with van der Waals surface area (Å²) in [5, 5.41) is 0. The molecule has 1 aromatic carbocycles. The van der Waals surface area contributed by atoms with E-state index >= 15 is 0 Å². The normalized spacial score (nSPS) is 7.91. The van der Waals surface area contributed by atoms with E-state index in [1.807, 2.05) is 12.1 Å². The Morgan fingerprint density at radius 2 is 2.09 bits per heavy atom. The average Bonchev–Trinajstić information content (AvgIpc) is 2.06. The Balaban J connectivity index is 3.25. The molecule has 0 saturated heterocycles. The number of benzene rings is 1. The lowest BCUT2D eigenvalue weighted by Crippen LogP contribution is -1.79. The van der Waals surface area contributed by atoms with Gasteiger partial charge in [0, 0.05) is 17.2 Å². The van der Waals surface area contributed by atoms with Crippen molar-refractivity contribution in [1.82, 2.24) is 0 Å². The van der Waals surface area contributed by atoms with Crippen molar-refractivity contribution in [2.45, 2.75) is 0 Å².